The molecular formula is C21H19N3S. The number of benzene rings is 2. The average molecular weight is 345 g/mol. The molecule has 4 heteroatoms. The topological polar surface area (TPSA) is 49.6 Å². The smallest absolute Gasteiger partial charge is 0.148 e. The molecule has 0 saturated carbocycles. The van der Waals surface area contributed by atoms with Crippen LogP contribution in [0, 0.1) is 18.3 Å². The van der Waals surface area contributed by atoms with Gasteiger partial charge in [-0.1, -0.05) is 48.6 Å². The summed E-state index contributed by atoms with van der Waals surface area (Å²) in [6, 6.07) is 14.7. The molecule has 0 fully saturated rings. The minimum Gasteiger partial charge on any atom is -0.192 e. The molecule has 124 valence electrons. The standard InChI is InChI=1S/C21H19N3S/c1-13-9-10-15(11-16(13)12-22)20-23-24-21(25-20)19-8-4-6-17-14(2)5-3-7-18(17)19/h4,6,8-11,14H,3,5,7H2,1-2H3/t14-/m0/s1. The Morgan fingerprint density at radius 3 is 2.84 bits per heavy atom. The fraction of sp³-hybridized carbons (Fsp3) is 0.286. The molecule has 1 atom stereocenters. The first kappa shape index (κ1) is 16.0. The van der Waals surface area contributed by atoms with E-state index in [1.165, 1.54) is 29.5 Å². The molecule has 25 heavy (non-hydrogen) atoms. The summed E-state index contributed by atoms with van der Waals surface area (Å²) in [5.74, 6) is 0.617. The Labute approximate surface area is 152 Å². The number of hydrogen-bond acceptors (Lipinski definition) is 4. The van der Waals surface area contributed by atoms with Crippen molar-refractivity contribution in [1.82, 2.24) is 10.2 Å². The maximum absolute atomic E-state index is 9.25. The molecule has 0 bridgehead atoms. The summed E-state index contributed by atoms with van der Waals surface area (Å²) in [5.41, 5.74) is 6.76. The molecule has 0 aliphatic heterocycles. The van der Waals surface area contributed by atoms with E-state index in [4.69, 9.17) is 0 Å². The molecule has 1 heterocycles. The highest BCUT2D eigenvalue weighted by atomic mass is 32.1. The van der Waals surface area contributed by atoms with E-state index in [1.54, 1.807) is 11.3 Å². The van der Waals surface area contributed by atoms with Crippen molar-refractivity contribution in [3.63, 3.8) is 0 Å². The van der Waals surface area contributed by atoms with Crippen molar-refractivity contribution < 1.29 is 0 Å². The van der Waals surface area contributed by atoms with Crippen LogP contribution in [-0.2, 0) is 6.42 Å². The van der Waals surface area contributed by atoms with Gasteiger partial charge in [0.2, 0.25) is 0 Å². The Kier molecular flexibility index (Phi) is 4.10. The second-order valence-corrected chi connectivity index (χ2v) is 7.70. The van der Waals surface area contributed by atoms with Gasteiger partial charge in [0, 0.05) is 11.1 Å². The van der Waals surface area contributed by atoms with Crippen LogP contribution in [0.2, 0.25) is 0 Å². The third kappa shape index (κ3) is 2.85. The normalized spacial score (nSPS) is 16.3. The zero-order chi connectivity index (χ0) is 17.4. The summed E-state index contributed by atoms with van der Waals surface area (Å²) in [6.07, 6.45) is 3.62. The molecule has 2 aromatic carbocycles. The molecule has 4 rings (SSSR count). The molecule has 0 amide bonds. The van der Waals surface area contributed by atoms with Gasteiger partial charge in [-0.2, -0.15) is 5.26 Å². The monoisotopic (exact) mass is 345 g/mol. The Bertz CT molecular complexity index is 981. The quantitative estimate of drug-likeness (QED) is 0.617. The zero-order valence-corrected chi connectivity index (χ0v) is 15.2. The van der Waals surface area contributed by atoms with Crippen molar-refractivity contribution in [2.45, 2.75) is 39.0 Å². The van der Waals surface area contributed by atoms with Crippen LogP contribution in [0.15, 0.2) is 36.4 Å². The zero-order valence-electron chi connectivity index (χ0n) is 14.4. The van der Waals surface area contributed by atoms with Gasteiger partial charge >= 0.3 is 0 Å². The molecule has 0 radical (unpaired) electrons. The summed E-state index contributed by atoms with van der Waals surface area (Å²) in [5, 5.41) is 19.9. The van der Waals surface area contributed by atoms with Gasteiger partial charge in [0.05, 0.1) is 11.6 Å². The lowest BCUT2D eigenvalue weighted by Gasteiger charge is -2.23. The summed E-state index contributed by atoms with van der Waals surface area (Å²) < 4.78 is 0. The molecule has 0 unspecified atom stereocenters. The van der Waals surface area contributed by atoms with Gasteiger partial charge in [0.25, 0.3) is 0 Å². The second-order valence-electron chi connectivity index (χ2n) is 6.72. The number of aromatic nitrogens is 2. The van der Waals surface area contributed by atoms with E-state index in [2.05, 4.69) is 41.4 Å². The van der Waals surface area contributed by atoms with E-state index in [0.29, 0.717) is 11.5 Å². The van der Waals surface area contributed by atoms with Crippen LogP contribution in [0.3, 0.4) is 0 Å². The average Bonchev–Trinajstić information content (AvgIpc) is 3.12. The molecular weight excluding hydrogens is 326 g/mol. The molecule has 0 spiro atoms. The third-order valence-electron chi connectivity index (χ3n) is 5.07. The largest absolute Gasteiger partial charge is 0.192 e. The lowest BCUT2D eigenvalue weighted by atomic mass is 9.82. The number of fused-ring (bicyclic) bond motifs is 1. The number of rotatable bonds is 2. The lowest BCUT2D eigenvalue weighted by Crippen LogP contribution is -2.08. The summed E-state index contributed by atoms with van der Waals surface area (Å²) >= 11 is 1.61. The van der Waals surface area contributed by atoms with Gasteiger partial charge in [-0.3, -0.25) is 0 Å². The van der Waals surface area contributed by atoms with Crippen molar-refractivity contribution >= 4 is 11.3 Å². The predicted molar refractivity (Wildman–Crippen MR) is 102 cm³/mol. The van der Waals surface area contributed by atoms with Crippen molar-refractivity contribution in [1.29, 1.82) is 5.26 Å². The van der Waals surface area contributed by atoms with Crippen molar-refractivity contribution in [2.75, 3.05) is 0 Å². The minimum absolute atomic E-state index is 0.617. The first-order chi connectivity index (χ1) is 12.2. The van der Waals surface area contributed by atoms with Gasteiger partial charge in [-0.25, -0.2) is 0 Å². The van der Waals surface area contributed by atoms with Crippen LogP contribution in [0.25, 0.3) is 21.1 Å². The van der Waals surface area contributed by atoms with E-state index in [1.807, 2.05) is 25.1 Å². The number of hydrogen-bond donors (Lipinski definition) is 0. The summed E-state index contributed by atoms with van der Waals surface area (Å²) in [6.45, 7) is 4.26. The van der Waals surface area contributed by atoms with E-state index < -0.39 is 0 Å². The number of nitrogens with zero attached hydrogens (tertiary/aromatic N) is 3. The maximum Gasteiger partial charge on any atom is 0.148 e. The molecule has 1 aliphatic carbocycles. The van der Waals surface area contributed by atoms with Crippen LogP contribution in [0.5, 0.6) is 0 Å². The molecule has 1 aliphatic rings. The van der Waals surface area contributed by atoms with Crippen molar-refractivity contribution in [2.24, 2.45) is 0 Å². The maximum atomic E-state index is 9.25. The van der Waals surface area contributed by atoms with Crippen LogP contribution >= 0.6 is 11.3 Å². The SMILES string of the molecule is Cc1ccc(-c2nnc(-c3cccc4c3CCC[C@@H]4C)s2)cc1C#N. The van der Waals surface area contributed by atoms with Gasteiger partial charge in [-0.05, 0) is 54.9 Å². The van der Waals surface area contributed by atoms with Gasteiger partial charge < -0.3 is 0 Å². The van der Waals surface area contributed by atoms with Gasteiger partial charge in [-0.15, -0.1) is 10.2 Å². The van der Waals surface area contributed by atoms with Crippen LogP contribution < -0.4 is 0 Å². The van der Waals surface area contributed by atoms with Gasteiger partial charge in [0.1, 0.15) is 10.0 Å². The highest BCUT2D eigenvalue weighted by Crippen LogP contribution is 2.39. The van der Waals surface area contributed by atoms with Gasteiger partial charge in [0.15, 0.2) is 0 Å². The van der Waals surface area contributed by atoms with Crippen LogP contribution in [0.1, 0.15) is 47.9 Å². The molecule has 1 aromatic heterocycles. The van der Waals surface area contributed by atoms with Crippen LogP contribution in [0.4, 0.5) is 0 Å². The Hall–Kier alpha value is -2.51. The number of nitriles is 1. The Balaban J connectivity index is 1.76. The summed E-state index contributed by atoms with van der Waals surface area (Å²) in [7, 11) is 0. The third-order valence-corrected chi connectivity index (χ3v) is 6.07. The van der Waals surface area contributed by atoms with E-state index >= 15 is 0 Å². The highest BCUT2D eigenvalue weighted by Gasteiger charge is 2.21. The first-order valence-electron chi connectivity index (χ1n) is 8.64. The second kappa shape index (κ2) is 6.42. The fourth-order valence-electron chi connectivity index (χ4n) is 3.61. The highest BCUT2D eigenvalue weighted by molar-refractivity contribution is 7.17. The molecule has 3 aromatic rings. The molecule has 0 saturated heterocycles. The van der Waals surface area contributed by atoms with E-state index in [9.17, 15) is 5.26 Å². The summed E-state index contributed by atoms with van der Waals surface area (Å²) in [4.78, 5) is 0. The minimum atomic E-state index is 0.617. The predicted octanol–water partition coefficient (Wildman–Crippen LogP) is 5.49. The fourth-order valence-corrected chi connectivity index (χ4v) is 4.50. The van der Waals surface area contributed by atoms with E-state index in [0.717, 1.165) is 27.6 Å². The van der Waals surface area contributed by atoms with Crippen LogP contribution in [-0.4, -0.2) is 10.2 Å². The Morgan fingerprint density at radius 2 is 2.00 bits per heavy atom. The molecule has 3 nitrogen and oxygen atoms in total. The van der Waals surface area contributed by atoms with E-state index in [-0.39, 0.29) is 0 Å². The van der Waals surface area contributed by atoms with Crippen molar-refractivity contribution in [3.05, 3.63) is 58.7 Å². The Morgan fingerprint density at radius 1 is 1.16 bits per heavy atom. The number of aryl methyl sites for hydroxylation is 1. The van der Waals surface area contributed by atoms with Crippen molar-refractivity contribution in [3.8, 4) is 27.2 Å². The first-order valence-corrected chi connectivity index (χ1v) is 9.46. The molecule has 0 N–H and O–H groups in total. The lowest BCUT2D eigenvalue weighted by molar-refractivity contribution is 0.591.